The molecule has 0 aromatic heterocycles. The lowest BCUT2D eigenvalue weighted by Crippen LogP contribution is -2.03. The lowest BCUT2D eigenvalue weighted by atomic mass is 9.90. The molecule has 0 saturated carbocycles. The van der Waals surface area contributed by atoms with E-state index < -0.39 is 5.97 Å². The van der Waals surface area contributed by atoms with Gasteiger partial charge in [-0.15, -0.1) is 0 Å². The van der Waals surface area contributed by atoms with Crippen LogP contribution in [0, 0.1) is 23.7 Å². The van der Waals surface area contributed by atoms with Crippen molar-refractivity contribution < 1.29 is 14.7 Å². The minimum atomic E-state index is -0.670. The number of rotatable bonds is 19. The Labute approximate surface area is 175 Å². The van der Waals surface area contributed by atoms with Crippen LogP contribution in [0.5, 0.6) is 0 Å². The zero-order chi connectivity index (χ0) is 21.4. The molecule has 4 atom stereocenters. The van der Waals surface area contributed by atoms with Gasteiger partial charge in [0, 0.05) is 12.8 Å². The van der Waals surface area contributed by atoms with Gasteiger partial charge in [0.15, 0.2) is 0 Å². The van der Waals surface area contributed by atoms with Crippen LogP contribution < -0.4 is 0 Å². The monoisotopic (exact) mass is 396 g/mol. The van der Waals surface area contributed by atoms with Crippen molar-refractivity contribution in [3.63, 3.8) is 0 Å². The van der Waals surface area contributed by atoms with Crippen LogP contribution in [-0.4, -0.2) is 16.9 Å². The van der Waals surface area contributed by atoms with Gasteiger partial charge in [-0.3, -0.25) is 4.79 Å². The van der Waals surface area contributed by atoms with E-state index in [0.717, 1.165) is 31.1 Å². The number of unbranched alkanes of at least 4 members (excludes halogenated alkanes) is 1. The van der Waals surface area contributed by atoms with Crippen LogP contribution in [0.3, 0.4) is 0 Å². The van der Waals surface area contributed by atoms with E-state index in [1.807, 2.05) is 0 Å². The topological polar surface area (TPSA) is 54.4 Å². The van der Waals surface area contributed by atoms with Gasteiger partial charge in [-0.1, -0.05) is 91.9 Å². The van der Waals surface area contributed by atoms with Crippen molar-refractivity contribution in [3.05, 3.63) is 0 Å². The number of carbonyl (C=O) groups is 2. The van der Waals surface area contributed by atoms with Gasteiger partial charge in [-0.25, -0.2) is 0 Å². The summed E-state index contributed by atoms with van der Waals surface area (Å²) in [6, 6.07) is 0. The molecule has 0 heterocycles. The summed E-state index contributed by atoms with van der Waals surface area (Å²) in [5.41, 5.74) is 0. The first-order chi connectivity index (χ1) is 13.2. The average Bonchev–Trinajstić information content (AvgIpc) is 2.61. The number of aliphatic carboxylic acids is 1. The second kappa shape index (κ2) is 17.0. The van der Waals surface area contributed by atoms with Crippen LogP contribution in [0.2, 0.25) is 0 Å². The Bertz CT molecular complexity index is 367. The maximum absolute atomic E-state index is 11.0. The van der Waals surface area contributed by atoms with Crippen LogP contribution in [0.1, 0.15) is 125 Å². The maximum Gasteiger partial charge on any atom is 0.303 e. The van der Waals surface area contributed by atoms with Crippen molar-refractivity contribution in [3.8, 4) is 0 Å². The normalized spacial score (nSPS) is 15.8. The van der Waals surface area contributed by atoms with Crippen molar-refractivity contribution in [2.45, 2.75) is 125 Å². The largest absolute Gasteiger partial charge is 0.481 e. The third-order valence-corrected chi connectivity index (χ3v) is 6.27. The molecule has 0 aliphatic heterocycles. The molecule has 0 aromatic carbocycles. The first-order valence-corrected chi connectivity index (χ1v) is 11.9. The molecule has 0 saturated heterocycles. The molecule has 0 aliphatic rings. The Morgan fingerprint density at radius 1 is 0.571 bits per heavy atom. The van der Waals surface area contributed by atoms with Gasteiger partial charge in [0.1, 0.15) is 5.78 Å². The molecule has 0 radical (unpaired) electrons. The molecule has 0 fully saturated rings. The highest BCUT2D eigenvalue weighted by atomic mass is 16.4. The molecule has 3 heteroatoms. The first kappa shape index (κ1) is 27.1. The molecule has 166 valence electrons. The van der Waals surface area contributed by atoms with E-state index in [9.17, 15) is 9.59 Å². The molecule has 3 nitrogen and oxygen atoms in total. The highest BCUT2D eigenvalue weighted by molar-refractivity contribution is 5.75. The summed E-state index contributed by atoms with van der Waals surface area (Å²) in [7, 11) is 0. The van der Waals surface area contributed by atoms with Crippen molar-refractivity contribution in [2.75, 3.05) is 0 Å². The van der Waals surface area contributed by atoms with Crippen molar-refractivity contribution in [1.82, 2.24) is 0 Å². The molecule has 4 unspecified atom stereocenters. The molecule has 0 aliphatic carbocycles. The van der Waals surface area contributed by atoms with E-state index in [-0.39, 0.29) is 0 Å². The molecular formula is C25H48O3. The van der Waals surface area contributed by atoms with Crippen LogP contribution in [0.25, 0.3) is 0 Å². The molecule has 28 heavy (non-hydrogen) atoms. The summed E-state index contributed by atoms with van der Waals surface area (Å²) in [6.45, 7) is 10.9. The van der Waals surface area contributed by atoms with E-state index in [2.05, 4.69) is 27.7 Å². The predicted molar refractivity (Wildman–Crippen MR) is 120 cm³/mol. The Hall–Kier alpha value is -0.860. The number of ketones is 1. The summed E-state index contributed by atoms with van der Waals surface area (Å²) in [5.74, 6) is 2.49. The van der Waals surface area contributed by atoms with Crippen LogP contribution in [0.15, 0.2) is 0 Å². The third kappa shape index (κ3) is 18.5. The number of hydrogen-bond acceptors (Lipinski definition) is 2. The highest BCUT2D eigenvalue weighted by Crippen LogP contribution is 2.23. The molecule has 0 spiro atoms. The summed E-state index contributed by atoms with van der Waals surface area (Å²) in [6.07, 6.45) is 15.9. The van der Waals surface area contributed by atoms with E-state index in [4.69, 9.17) is 5.11 Å². The Kier molecular flexibility index (Phi) is 16.5. The maximum atomic E-state index is 11.0. The van der Waals surface area contributed by atoms with Gasteiger partial charge in [0.2, 0.25) is 0 Å². The fraction of sp³-hybridized carbons (Fsp3) is 0.920. The SMILES string of the molecule is CC(=O)CCC(C)CCCC(C)CCCCC(C)CCCC(C)CCC(=O)O. The second-order valence-corrected chi connectivity index (χ2v) is 9.74. The van der Waals surface area contributed by atoms with Crippen molar-refractivity contribution in [1.29, 1.82) is 0 Å². The zero-order valence-electron chi connectivity index (χ0n) is 19.5. The quantitative estimate of drug-likeness (QED) is 0.228. The fourth-order valence-corrected chi connectivity index (χ4v) is 4.01. The van der Waals surface area contributed by atoms with Gasteiger partial charge in [0.25, 0.3) is 0 Å². The molecule has 0 amide bonds. The zero-order valence-corrected chi connectivity index (χ0v) is 19.5. The molecule has 0 bridgehead atoms. The third-order valence-electron chi connectivity index (χ3n) is 6.27. The first-order valence-electron chi connectivity index (χ1n) is 11.9. The summed E-state index contributed by atoms with van der Waals surface area (Å²) in [5, 5.41) is 8.74. The smallest absolute Gasteiger partial charge is 0.303 e. The lowest BCUT2D eigenvalue weighted by Gasteiger charge is -2.16. The number of carboxylic acids is 1. The lowest BCUT2D eigenvalue weighted by molar-refractivity contribution is -0.137. The number of Topliss-reactive ketones (excluding diaryl/α,β-unsaturated/α-hetero) is 1. The van der Waals surface area contributed by atoms with Crippen molar-refractivity contribution in [2.24, 2.45) is 23.7 Å². The van der Waals surface area contributed by atoms with E-state index in [1.54, 1.807) is 6.92 Å². The molecule has 0 aromatic rings. The van der Waals surface area contributed by atoms with Crippen LogP contribution >= 0.6 is 0 Å². The average molecular weight is 397 g/mol. The van der Waals surface area contributed by atoms with Crippen LogP contribution in [-0.2, 0) is 9.59 Å². The Morgan fingerprint density at radius 2 is 0.893 bits per heavy atom. The predicted octanol–water partition coefficient (Wildman–Crippen LogP) is 7.67. The van der Waals surface area contributed by atoms with Gasteiger partial charge in [0.05, 0.1) is 0 Å². The van der Waals surface area contributed by atoms with Crippen LogP contribution in [0.4, 0.5) is 0 Å². The van der Waals surface area contributed by atoms with Gasteiger partial charge >= 0.3 is 5.97 Å². The summed E-state index contributed by atoms with van der Waals surface area (Å²) < 4.78 is 0. The molecule has 0 rings (SSSR count). The number of carboxylic acid groups (broad SMARTS) is 1. The minimum absolute atomic E-state index is 0.312. The number of hydrogen-bond donors (Lipinski definition) is 1. The molecule has 1 N–H and O–H groups in total. The Morgan fingerprint density at radius 3 is 1.25 bits per heavy atom. The van der Waals surface area contributed by atoms with Gasteiger partial charge in [-0.2, -0.15) is 0 Å². The number of carbonyl (C=O) groups excluding carboxylic acids is 1. The standard InChI is InChI=1S/C25H48O3/c1-20(12-8-14-22(3)16-18-24(5)26)10-6-7-11-21(2)13-9-15-23(4)17-19-25(27)28/h20-23H,6-19H2,1-5H3,(H,27,28). The van der Waals surface area contributed by atoms with Gasteiger partial charge in [-0.05, 0) is 43.4 Å². The van der Waals surface area contributed by atoms with Crippen molar-refractivity contribution >= 4 is 11.8 Å². The summed E-state index contributed by atoms with van der Waals surface area (Å²) >= 11 is 0. The van der Waals surface area contributed by atoms with Gasteiger partial charge < -0.3 is 9.90 Å². The van der Waals surface area contributed by atoms with E-state index in [0.29, 0.717) is 24.0 Å². The molecular weight excluding hydrogens is 348 g/mol. The minimum Gasteiger partial charge on any atom is -0.481 e. The second-order valence-electron chi connectivity index (χ2n) is 9.74. The highest BCUT2D eigenvalue weighted by Gasteiger charge is 2.09. The van der Waals surface area contributed by atoms with E-state index in [1.165, 1.54) is 64.2 Å². The fourth-order valence-electron chi connectivity index (χ4n) is 4.01. The summed E-state index contributed by atoms with van der Waals surface area (Å²) in [4.78, 5) is 21.6. The van der Waals surface area contributed by atoms with E-state index >= 15 is 0 Å². The Balaban J connectivity index is 3.56.